The lowest BCUT2D eigenvalue weighted by atomic mass is 10.2. The molecule has 2 rings (SSSR count). The predicted molar refractivity (Wildman–Crippen MR) is 80.9 cm³/mol. The smallest absolute Gasteiger partial charge is 0.171 e. The van der Waals surface area contributed by atoms with E-state index in [1.807, 2.05) is 18.2 Å². The second-order valence-corrected chi connectivity index (χ2v) is 4.69. The highest BCUT2D eigenvalue weighted by atomic mass is 35.5. The van der Waals surface area contributed by atoms with Gasteiger partial charge in [0.15, 0.2) is 5.11 Å². The van der Waals surface area contributed by atoms with E-state index in [9.17, 15) is 4.39 Å². The number of anilines is 1. The fraction of sp³-hybridized carbons (Fsp3) is 0.0714. The molecule has 0 saturated heterocycles. The number of para-hydroxylation sites is 1. The molecule has 0 aliphatic heterocycles. The van der Waals surface area contributed by atoms with Crippen LogP contribution in [0.3, 0.4) is 0 Å². The number of hydrogen-bond acceptors (Lipinski definition) is 1. The topological polar surface area (TPSA) is 24.1 Å². The first-order valence-corrected chi connectivity index (χ1v) is 6.48. The highest BCUT2D eigenvalue weighted by molar-refractivity contribution is 7.80. The molecular weight excluding hydrogens is 283 g/mol. The molecule has 0 aromatic heterocycles. The van der Waals surface area contributed by atoms with Crippen LogP contribution in [0.4, 0.5) is 10.1 Å². The van der Waals surface area contributed by atoms with Gasteiger partial charge in [-0.3, -0.25) is 0 Å². The summed E-state index contributed by atoms with van der Waals surface area (Å²) in [6, 6.07) is 13.8. The maximum Gasteiger partial charge on any atom is 0.171 e. The quantitative estimate of drug-likeness (QED) is 0.838. The zero-order valence-corrected chi connectivity index (χ0v) is 11.6. The summed E-state index contributed by atoms with van der Waals surface area (Å²) in [5.41, 5.74) is 1.28. The SMILES string of the molecule is Fc1ccccc1CNC(=S)Nc1ccccc1Cl. The Kier molecular flexibility index (Phi) is 4.71. The van der Waals surface area contributed by atoms with Crippen molar-refractivity contribution >= 4 is 34.6 Å². The molecule has 98 valence electrons. The molecular formula is C14H12ClFN2S. The average molecular weight is 295 g/mol. The zero-order valence-electron chi connectivity index (χ0n) is 9.99. The number of hydrogen-bond donors (Lipinski definition) is 2. The minimum Gasteiger partial charge on any atom is -0.358 e. The second-order valence-electron chi connectivity index (χ2n) is 3.88. The molecule has 0 heterocycles. The molecule has 0 spiro atoms. The second kappa shape index (κ2) is 6.50. The minimum absolute atomic E-state index is 0.254. The number of thiocarbonyl (C=S) groups is 1. The lowest BCUT2D eigenvalue weighted by Gasteiger charge is -2.11. The molecule has 19 heavy (non-hydrogen) atoms. The van der Waals surface area contributed by atoms with Gasteiger partial charge < -0.3 is 10.6 Å². The maximum atomic E-state index is 13.4. The number of rotatable bonds is 3. The van der Waals surface area contributed by atoms with Crippen molar-refractivity contribution in [1.82, 2.24) is 5.32 Å². The van der Waals surface area contributed by atoms with Gasteiger partial charge in [-0.1, -0.05) is 41.9 Å². The summed E-state index contributed by atoms with van der Waals surface area (Å²) in [7, 11) is 0. The lowest BCUT2D eigenvalue weighted by Crippen LogP contribution is -2.28. The van der Waals surface area contributed by atoms with Crippen LogP contribution in [0, 0.1) is 5.82 Å². The summed E-state index contributed by atoms with van der Waals surface area (Å²) in [4.78, 5) is 0. The minimum atomic E-state index is -0.254. The normalized spacial score (nSPS) is 10.0. The molecule has 0 aliphatic rings. The molecule has 5 heteroatoms. The van der Waals surface area contributed by atoms with Gasteiger partial charge in [0.2, 0.25) is 0 Å². The van der Waals surface area contributed by atoms with E-state index in [2.05, 4.69) is 10.6 Å². The summed E-state index contributed by atoms with van der Waals surface area (Å²) in [6.07, 6.45) is 0. The molecule has 2 nitrogen and oxygen atoms in total. The fourth-order valence-electron chi connectivity index (χ4n) is 1.55. The van der Waals surface area contributed by atoms with Crippen LogP contribution in [-0.2, 0) is 6.54 Å². The van der Waals surface area contributed by atoms with Crippen LogP contribution in [0.5, 0.6) is 0 Å². The van der Waals surface area contributed by atoms with Crippen LogP contribution < -0.4 is 10.6 Å². The largest absolute Gasteiger partial charge is 0.358 e. The van der Waals surface area contributed by atoms with Gasteiger partial charge in [0.25, 0.3) is 0 Å². The van der Waals surface area contributed by atoms with Gasteiger partial charge in [0.05, 0.1) is 10.7 Å². The molecule has 0 bridgehead atoms. The van der Waals surface area contributed by atoms with Gasteiger partial charge in [-0.05, 0) is 30.4 Å². The third-order valence-corrected chi connectivity index (χ3v) is 3.10. The third-order valence-electron chi connectivity index (χ3n) is 2.52. The summed E-state index contributed by atoms with van der Waals surface area (Å²) < 4.78 is 13.4. The third kappa shape index (κ3) is 3.91. The monoisotopic (exact) mass is 294 g/mol. The van der Waals surface area contributed by atoms with Crippen molar-refractivity contribution < 1.29 is 4.39 Å². The molecule has 0 atom stereocenters. The van der Waals surface area contributed by atoms with Crippen molar-refractivity contribution in [2.24, 2.45) is 0 Å². The Bertz CT molecular complexity index is 589. The van der Waals surface area contributed by atoms with Crippen molar-refractivity contribution in [3.63, 3.8) is 0 Å². The summed E-state index contributed by atoms with van der Waals surface area (Å²) in [6.45, 7) is 0.322. The molecule has 2 aromatic rings. The Morgan fingerprint density at radius 3 is 2.53 bits per heavy atom. The fourth-order valence-corrected chi connectivity index (χ4v) is 1.91. The Hall–Kier alpha value is -1.65. The van der Waals surface area contributed by atoms with Gasteiger partial charge in [-0.2, -0.15) is 0 Å². The van der Waals surface area contributed by atoms with Crippen molar-refractivity contribution in [3.05, 3.63) is 64.9 Å². The average Bonchev–Trinajstić information content (AvgIpc) is 2.40. The standard InChI is InChI=1S/C14H12ClFN2S/c15-11-6-2-4-8-13(11)18-14(19)17-9-10-5-1-3-7-12(10)16/h1-8H,9H2,(H2,17,18,19). The summed E-state index contributed by atoms with van der Waals surface area (Å²) in [5, 5.41) is 6.88. The van der Waals surface area contributed by atoms with Gasteiger partial charge in [-0.25, -0.2) is 4.39 Å². The van der Waals surface area contributed by atoms with E-state index in [1.165, 1.54) is 6.07 Å². The predicted octanol–water partition coefficient (Wildman–Crippen LogP) is 3.97. The van der Waals surface area contributed by atoms with Gasteiger partial charge in [0.1, 0.15) is 5.82 Å². The number of nitrogens with one attached hydrogen (secondary N) is 2. The molecule has 0 aliphatic carbocycles. The van der Waals surface area contributed by atoms with E-state index < -0.39 is 0 Å². The first-order valence-electron chi connectivity index (χ1n) is 5.69. The Morgan fingerprint density at radius 2 is 1.79 bits per heavy atom. The van der Waals surface area contributed by atoms with E-state index in [4.69, 9.17) is 23.8 Å². The highest BCUT2D eigenvalue weighted by Gasteiger charge is 2.03. The van der Waals surface area contributed by atoms with Crippen molar-refractivity contribution in [2.75, 3.05) is 5.32 Å². The van der Waals surface area contributed by atoms with Crippen LogP contribution in [0.1, 0.15) is 5.56 Å². The van der Waals surface area contributed by atoms with E-state index in [0.717, 1.165) is 5.69 Å². The number of benzene rings is 2. The van der Waals surface area contributed by atoms with Crippen LogP contribution in [-0.4, -0.2) is 5.11 Å². The van der Waals surface area contributed by atoms with E-state index in [-0.39, 0.29) is 5.82 Å². The molecule has 0 fully saturated rings. The molecule has 2 aromatic carbocycles. The first-order chi connectivity index (χ1) is 9.16. The molecule has 0 saturated carbocycles. The first kappa shape index (κ1) is 13.8. The molecule has 0 radical (unpaired) electrons. The van der Waals surface area contributed by atoms with E-state index in [1.54, 1.807) is 24.3 Å². The van der Waals surface area contributed by atoms with Crippen LogP contribution in [0.15, 0.2) is 48.5 Å². The Labute approximate surface area is 121 Å². The number of halogens is 2. The molecule has 0 amide bonds. The van der Waals surface area contributed by atoms with Crippen LogP contribution in [0.25, 0.3) is 0 Å². The Balaban J connectivity index is 1.92. The van der Waals surface area contributed by atoms with Crippen LogP contribution in [0.2, 0.25) is 5.02 Å². The molecule has 0 unspecified atom stereocenters. The van der Waals surface area contributed by atoms with Crippen molar-refractivity contribution in [1.29, 1.82) is 0 Å². The van der Waals surface area contributed by atoms with E-state index in [0.29, 0.717) is 22.2 Å². The lowest BCUT2D eigenvalue weighted by molar-refractivity contribution is 0.606. The highest BCUT2D eigenvalue weighted by Crippen LogP contribution is 2.20. The maximum absolute atomic E-state index is 13.4. The van der Waals surface area contributed by atoms with Crippen molar-refractivity contribution in [3.8, 4) is 0 Å². The zero-order chi connectivity index (χ0) is 13.7. The summed E-state index contributed by atoms with van der Waals surface area (Å²) >= 11 is 11.1. The van der Waals surface area contributed by atoms with Gasteiger partial charge in [-0.15, -0.1) is 0 Å². The Morgan fingerprint density at radius 1 is 1.11 bits per heavy atom. The molecule has 2 N–H and O–H groups in total. The van der Waals surface area contributed by atoms with Crippen LogP contribution >= 0.6 is 23.8 Å². The summed E-state index contributed by atoms with van der Waals surface area (Å²) in [5.74, 6) is -0.254. The van der Waals surface area contributed by atoms with Crippen molar-refractivity contribution in [2.45, 2.75) is 6.54 Å². The van der Waals surface area contributed by atoms with Gasteiger partial charge >= 0.3 is 0 Å². The van der Waals surface area contributed by atoms with Gasteiger partial charge in [0, 0.05) is 12.1 Å². The van der Waals surface area contributed by atoms with E-state index >= 15 is 0 Å².